The molecule has 0 saturated heterocycles. The number of aliphatic carboxylic acids is 1. The minimum atomic E-state index is -1.29. The SMILES string of the molecule is CC(C)(CNC(=O)[C@H](CNC[C@@H](C(=O)C(C)(C)C)N1C(=O)C=CC1=O)N1C(=O)C=CC1=O)COCC(C)(C)CC(=O)O. The maximum absolute atomic E-state index is 13.3. The summed E-state index contributed by atoms with van der Waals surface area (Å²) >= 11 is 0. The monoisotopic (exact) mass is 590 g/mol. The number of ketones is 1. The first kappa shape index (κ1) is 34.5. The van der Waals surface area contributed by atoms with Crippen LogP contribution in [-0.2, 0) is 38.3 Å². The topological polar surface area (TPSA) is 179 Å². The fourth-order valence-electron chi connectivity index (χ4n) is 4.46. The van der Waals surface area contributed by atoms with E-state index in [0.29, 0.717) is 0 Å². The van der Waals surface area contributed by atoms with Crippen LogP contribution in [0.5, 0.6) is 0 Å². The molecule has 0 aliphatic carbocycles. The zero-order chi connectivity index (χ0) is 32.0. The summed E-state index contributed by atoms with van der Waals surface area (Å²) in [6.45, 7) is 12.2. The number of amides is 5. The number of carbonyl (C=O) groups excluding carboxylic acids is 6. The van der Waals surface area contributed by atoms with Gasteiger partial charge in [0.2, 0.25) is 5.91 Å². The number of nitrogens with one attached hydrogen (secondary N) is 2. The van der Waals surface area contributed by atoms with Crippen LogP contribution in [0.15, 0.2) is 24.3 Å². The second kappa shape index (κ2) is 13.5. The Kier molecular flexibility index (Phi) is 11.1. The number of Topliss-reactive ketones (excluding diaryl/α,β-unsaturated/α-hetero) is 1. The quantitative estimate of drug-likeness (QED) is 0.214. The van der Waals surface area contributed by atoms with Gasteiger partial charge in [-0.2, -0.15) is 0 Å². The smallest absolute Gasteiger partial charge is 0.303 e. The highest BCUT2D eigenvalue weighted by Gasteiger charge is 2.41. The van der Waals surface area contributed by atoms with Gasteiger partial charge in [0, 0.05) is 54.8 Å². The number of carboxylic acids is 1. The molecule has 5 amide bonds. The van der Waals surface area contributed by atoms with Gasteiger partial charge in [-0.05, 0) is 5.41 Å². The maximum Gasteiger partial charge on any atom is 0.303 e. The van der Waals surface area contributed by atoms with Crippen LogP contribution in [0.3, 0.4) is 0 Å². The summed E-state index contributed by atoms with van der Waals surface area (Å²) in [4.78, 5) is 88.8. The second-order valence-corrected chi connectivity index (χ2v) is 13.2. The lowest BCUT2D eigenvalue weighted by Gasteiger charge is -2.32. The average Bonchev–Trinajstić information content (AvgIpc) is 3.35. The van der Waals surface area contributed by atoms with Crippen LogP contribution in [-0.4, -0.2) is 101 Å². The molecule has 2 aliphatic rings. The minimum Gasteiger partial charge on any atom is -0.481 e. The molecule has 0 aromatic carbocycles. The molecular formula is C29H42N4O9. The van der Waals surface area contributed by atoms with Gasteiger partial charge in [0.25, 0.3) is 23.6 Å². The Labute approximate surface area is 245 Å². The average molecular weight is 591 g/mol. The van der Waals surface area contributed by atoms with Crippen LogP contribution < -0.4 is 10.6 Å². The Morgan fingerprint density at radius 2 is 1.19 bits per heavy atom. The summed E-state index contributed by atoms with van der Waals surface area (Å²) in [6, 6.07) is -2.46. The van der Waals surface area contributed by atoms with Crippen molar-refractivity contribution in [3.8, 4) is 0 Å². The molecule has 0 radical (unpaired) electrons. The Hall–Kier alpha value is -3.71. The van der Waals surface area contributed by atoms with Crippen LogP contribution >= 0.6 is 0 Å². The Morgan fingerprint density at radius 1 is 0.762 bits per heavy atom. The molecule has 232 valence electrons. The van der Waals surface area contributed by atoms with Crippen molar-refractivity contribution >= 4 is 41.3 Å². The molecule has 2 rings (SSSR count). The first-order valence-electron chi connectivity index (χ1n) is 13.7. The van der Waals surface area contributed by atoms with Crippen molar-refractivity contribution in [2.24, 2.45) is 16.2 Å². The normalized spacial score (nSPS) is 17.3. The summed E-state index contributed by atoms with van der Waals surface area (Å²) in [5, 5.41) is 14.7. The molecule has 0 aromatic rings. The van der Waals surface area contributed by atoms with Gasteiger partial charge in [-0.15, -0.1) is 0 Å². The third-order valence-electron chi connectivity index (χ3n) is 6.69. The van der Waals surface area contributed by atoms with Crippen LogP contribution in [0, 0.1) is 16.2 Å². The number of rotatable bonds is 16. The van der Waals surface area contributed by atoms with Crippen LogP contribution in [0.2, 0.25) is 0 Å². The maximum atomic E-state index is 13.3. The fourth-order valence-corrected chi connectivity index (χ4v) is 4.46. The molecule has 0 bridgehead atoms. The zero-order valence-electron chi connectivity index (χ0n) is 25.3. The molecule has 0 saturated carbocycles. The van der Waals surface area contributed by atoms with E-state index >= 15 is 0 Å². The van der Waals surface area contributed by atoms with Crippen LogP contribution in [0.4, 0.5) is 0 Å². The summed E-state index contributed by atoms with van der Waals surface area (Å²) in [6.07, 6.45) is 4.20. The molecule has 0 aromatic heterocycles. The van der Waals surface area contributed by atoms with Crippen molar-refractivity contribution in [1.82, 2.24) is 20.4 Å². The van der Waals surface area contributed by atoms with E-state index in [4.69, 9.17) is 9.84 Å². The molecule has 2 heterocycles. The predicted octanol–water partition coefficient (Wildman–Crippen LogP) is 0.438. The number of carbonyl (C=O) groups is 7. The van der Waals surface area contributed by atoms with E-state index in [1.807, 2.05) is 13.8 Å². The van der Waals surface area contributed by atoms with E-state index in [9.17, 15) is 33.6 Å². The zero-order valence-corrected chi connectivity index (χ0v) is 25.3. The Morgan fingerprint density at radius 3 is 1.64 bits per heavy atom. The third kappa shape index (κ3) is 9.41. The minimum absolute atomic E-state index is 0.0659. The van der Waals surface area contributed by atoms with Gasteiger partial charge in [-0.3, -0.25) is 43.4 Å². The van der Waals surface area contributed by atoms with Crippen molar-refractivity contribution in [2.45, 2.75) is 67.0 Å². The number of carboxylic acid groups (broad SMARTS) is 1. The van der Waals surface area contributed by atoms with Gasteiger partial charge in [0.05, 0.1) is 19.6 Å². The molecule has 3 N–H and O–H groups in total. The molecule has 13 heteroatoms. The molecule has 0 fully saturated rings. The lowest BCUT2D eigenvalue weighted by molar-refractivity contribution is -0.147. The lowest BCUT2D eigenvalue weighted by atomic mass is 9.85. The van der Waals surface area contributed by atoms with Crippen LogP contribution in [0.25, 0.3) is 0 Å². The predicted molar refractivity (Wildman–Crippen MR) is 151 cm³/mol. The first-order chi connectivity index (χ1) is 19.3. The summed E-state index contributed by atoms with van der Waals surface area (Å²) in [5.41, 5.74) is -2.07. The van der Waals surface area contributed by atoms with Crippen molar-refractivity contribution in [3.63, 3.8) is 0 Å². The highest BCUT2D eigenvalue weighted by atomic mass is 16.5. The van der Waals surface area contributed by atoms with E-state index in [2.05, 4.69) is 10.6 Å². The molecule has 42 heavy (non-hydrogen) atoms. The van der Waals surface area contributed by atoms with E-state index in [-0.39, 0.29) is 45.1 Å². The summed E-state index contributed by atoms with van der Waals surface area (Å²) in [7, 11) is 0. The van der Waals surface area contributed by atoms with Crippen molar-refractivity contribution in [1.29, 1.82) is 0 Å². The highest BCUT2D eigenvalue weighted by molar-refractivity contribution is 6.16. The van der Waals surface area contributed by atoms with Crippen molar-refractivity contribution < 1.29 is 43.4 Å². The molecule has 2 atom stereocenters. The van der Waals surface area contributed by atoms with E-state index in [1.165, 1.54) is 0 Å². The molecule has 0 unspecified atom stereocenters. The van der Waals surface area contributed by atoms with E-state index in [1.54, 1.807) is 34.6 Å². The molecular weight excluding hydrogens is 548 g/mol. The summed E-state index contributed by atoms with van der Waals surface area (Å²) in [5.74, 6) is -4.58. The highest BCUT2D eigenvalue weighted by Crippen LogP contribution is 2.24. The van der Waals surface area contributed by atoms with Gasteiger partial charge >= 0.3 is 5.97 Å². The molecule has 0 spiro atoms. The largest absolute Gasteiger partial charge is 0.481 e. The van der Waals surface area contributed by atoms with Gasteiger partial charge in [-0.1, -0.05) is 48.5 Å². The third-order valence-corrected chi connectivity index (χ3v) is 6.69. The van der Waals surface area contributed by atoms with Crippen molar-refractivity contribution in [2.75, 3.05) is 32.8 Å². The van der Waals surface area contributed by atoms with Gasteiger partial charge in [0.15, 0.2) is 5.78 Å². The van der Waals surface area contributed by atoms with Crippen LogP contribution in [0.1, 0.15) is 54.9 Å². The number of hydrogen-bond acceptors (Lipinski definition) is 9. The lowest BCUT2D eigenvalue weighted by Crippen LogP contribution is -2.58. The summed E-state index contributed by atoms with van der Waals surface area (Å²) < 4.78 is 5.75. The van der Waals surface area contributed by atoms with Crippen molar-refractivity contribution in [3.05, 3.63) is 24.3 Å². The second-order valence-electron chi connectivity index (χ2n) is 13.2. The molecule has 2 aliphatic heterocycles. The first-order valence-corrected chi connectivity index (χ1v) is 13.7. The van der Waals surface area contributed by atoms with Gasteiger partial charge in [-0.25, -0.2) is 0 Å². The number of nitrogens with zero attached hydrogens (tertiary/aromatic N) is 2. The van der Waals surface area contributed by atoms with E-state index in [0.717, 1.165) is 34.1 Å². The molecule has 13 nitrogen and oxygen atoms in total. The Bertz CT molecular complexity index is 1140. The van der Waals surface area contributed by atoms with Gasteiger partial charge < -0.3 is 20.5 Å². The van der Waals surface area contributed by atoms with E-state index < -0.39 is 63.8 Å². The standard InChI is InChI=1S/C29H42N4O9/c1-27(2,3)25(40)18(32-20(34)8-9-21(32)35)13-30-14-19(33-22(36)10-11-23(33)37)26(41)31-15-29(6,7)17-42-16-28(4,5)12-24(38)39/h8-11,18-19,30H,12-17H2,1-7H3,(H,31,41)(H,38,39)/t18-,19-/m0/s1. The fraction of sp³-hybridized carbons (Fsp3) is 0.621. The number of imide groups is 2. The number of ether oxygens (including phenoxy) is 1. The Balaban J connectivity index is 2.10. The van der Waals surface area contributed by atoms with Gasteiger partial charge in [0.1, 0.15) is 12.1 Å². The number of hydrogen-bond donors (Lipinski definition) is 3.